The number of hydrogen-bond acceptors (Lipinski definition) is 1. The Labute approximate surface area is 279 Å². The fourth-order valence-electron chi connectivity index (χ4n) is 7.84. The summed E-state index contributed by atoms with van der Waals surface area (Å²) >= 11 is 0. The van der Waals surface area contributed by atoms with Crippen molar-refractivity contribution in [2.75, 3.05) is 4.90 Å². The first-order valence-electron chi connectivity index (χ1n) is 16.5. The van der Waals surface area contributed by atoms with Gasteiger partial charge in [-0.25, -0.2) is 0 Å². The summed E-state index contributed by atoms with van der Waals surface area (Å²) in [6, 6.07) is 66.2. The van der Waals surface area contributed by atoms with Crippen molar-refractivity contribution in [2.24, 2.45) is 0 Å². The number of fused-ring (bicyclic) bond motifs is 3. The molecule has 2 nitrogen and oxygen atoms in total. The second-order valence-corrected chi connectivity index (χ2v) is 12.6. The van der Waals surface area contributed by atoms with Gasteiger partial charge in [-0.3, -0.25) is 0 Å². The number of aromatic nitrogens is 1. The molecule has 1 heterocycles. The minimum Gasteiger partial charge on any atom is -0.310 e. The van der Waals surface area contributed by atoms with Gasteiger partial charge >= 0.3 is 0 Å². The maximum Gasteiger partial charge on any atom is 0.0547 e. The number of anilines is 3. The van der Waals surface area contributed by atoms with Crippen LogP contribution in [0.1, 0.15) is 0 Å². The Morgan fingerprint density at radius 2 is 0.958 bits per heavy atom. The van der Waals surface area contributed by atoms with Crippen molar-refractivity contribution in [1.82, 2.24) is 4.57 Å². The van der Waals surface area contributed by atoms with Crippen LogP contribution in [0.2, 0.25) is 0 Å². The first-order valence-corrected chi connectivity index (χ1v) is 16.5. The summed E-state index contributed by atoms with van der Waals surface area (Å²) in [5, 5.41) is 5.22. The minimum absolute atomic E-state index is 1.12. The van der Waals surface area contributed by atoms with Gasteiger partial charge in [-0.1, -0.05) is 121 Å². The third kappa shape index (κ3) is 4.00. The number of para-hydroxylation sites is 2. The van der Waals surface area contributed by atoms with Crippen LogP contribution < -0.4 is 4.90 Å². The lowest BCUT2D eigenvalue weighted by Crippen LogP contribution is -2.10. The maximum atomic E-state index is 2.43. The average Bonchev–Trinajstić information content (AvgIpc) is 3.45. The molecular formula is C46H30N2. The molecule has 0 atom stereocenters. The van der Waals surface area contributed by atoms with E-state index < -0.39 is 0 Å². The molecule has 0 fully saturated rings. The second kappa shape index (κ2) is 10.6. The van der Waals surface area contributed by atoms with E-state index in [1.165, 1.54) is 71.6 Å². The molecule has 1 aliphatic rings. The summed E-state index contributed by atoms with van der Waals surface area (Å²) in [6.07, 6.45) is 0. The molecule has 48 heavy (non-hydrogen) atoms. The number of hydrogen-bond donors (Lipinski definition) is 0. The largest absolute Gasteiger partial charge is 0.310 e. The van der Waals surface area contributed by atoms with E-state index in [9.17, 15) is 0 Å². The summed E-state index contributed by atoms with van der Waals surface area (Å²) in [4.78, 5) is 2.38. The Hall–Kier alpha value is -6.38. The smallest absolute Gasteiger partial charge is 0.0547 e. The Morgan fingerprint density at radius 1 is 0.333 bits per heavy atom. The van der Waals surface area contributed by atoms with E-state index in [0.29, 0.717) is 0 Å². The van der Waals surface area contributed by atoms with E-state index in [0.717, 1.165) is 17.1 Å². The Bertz CT molecular complexity index is 2650. The topological polar surface area (TPSA) is 8.17 Å². The van der Waals surface area contributed by atoms with Crippen LogP contribution in [0.5, 0.6) is 0 Å². The monoisotopic (exact) mass is 610 g/mol. The number of rotatable bonds is 5. The molecule has 0 saturated heterocycles. The van der Waals surface area contributed by atoms with Crippen LogP contribution in [-0.4, -0.2) is 4.57 Å². The number of nitrogens with zero attached hydrogens (tertiary/aromatic N) is 2. The van der Waals surface area contributed by atoms with Gasteiger partial charge in [0.25, 0.3) is 0 Å². The molecule has 224 valence electrons. The summed E-state index contributed by atoms with van der Waals surface area (Å²) in [7, 11) is 0. The molecule has 0 spiro atoms. The zero-order valence-electron chi connectivity index (χ0n) is 26.2. The highest BCUT2D eigenvalue weighted by atomic mass is 15.1. The molecular weight excluding hydrogens is 581 g/mol. The molecule has 9 aromatic rings. The van der Waals surface area contributed by atoms with Crippen LogP contribution in [0.4, 0.5) is 17.1 Å². The van der Waals surface area contributed by atoms with E-state index >= 15 is 0 Å². The lowest BCUT2D eigenvalue weighted by Gasteiger charge is -2.27. The Balaban J connectivity index is 1.25. The average molecular weight is 611 g/mol. The molecule has 0 aliphatic heterocycles. The molecule has 0 amide bonds. The van der Waals surface area contributed by atoms with E-state index in [2.05, 4.69) is 191 Å². The highest BCUT2D eigenvalue weighted by Crippen LogP contribution is 2.51. The molecule has 1 aromatic heterocycles. The molecule has 10 rings (SSSR count). The SMILES string of the molecule is c1ccc(-c2cccc(N(c3ccccc3)c3ccc4c(c3)-c3cccc5ccc6c(c35)c3c-4cccc3n6-c3ccccc3)c2)cc1. The fraction of sp³-hybridized carbons (Fsp3) is 0. The van der Waals surface area contributed by atoms with Gasteiger partial charge in [-0.15, -0.1) is 0 Å². The van der Waals surface area contributed by atoms with E-state index in [1.54, 1.807) is 0 Å². The minimum atomic E-state index is 1.12. The Kier molecular flexibility index (Phi) is 5.91. The van der Waals surface area contributed by atoms with Crippen molar-refractivity contribution in [3.63, 3.8) is 0 Å². The van der Waals surface area contributed by atoms with Crippen LogP contribution in [0, 0.1) is 0 Å². The summed E-state index contributed by atoms with van der Waals surface area (Å²) in [6.45, 7) is 0. The van der Waals surface area contributed by atoms with Crippen LogP contribution >= 0.6 is 0 Å². The van der Waals surface area contributed by atoms with E-state index in [1.807, 2.05) is 0 Å². The first kappa shape index (κ1) is 26.8. The standard InChI is InChI=1S/C46H30N2/c1-4-13-31(14-5-1)33-16-10-21-36(29-33)47(34-17-6-2-7-18-34)37-26-27-38-39-23-12-24-42-45(39)46-43(48(42)35-19-8-3-9-20-35)28-25-32-15-11-22-40(44(32)46)41(38)30-37/h1-30H. The van der Waals surface area contributed by atoms with Crippen molar-refractivity contribution in [1.29, 1.82) is 0 Å². The van der Waals surface area contributed by atoms with Crippen molar-refractivity contribution in [2.45, 2.75) is 0 Å². The van der Waals surface area contributed by atoms with Crippen molar-refractivity contribution >= 4 is 49.6 Å². The fourth-order valence-corrected chi connectivity index (χ4v) is 7.84. The van der Waals surface area contributed by atoms with Crippen LogP contribution in [0.15, 0.2) is 182 Å². The normalized spacial score (nSPS) is 11.8. The highest BCUT2D eigenvalue weighted by Gasteiger charge is 2.26. The van der Waals surface area contributed by atoms with Crippen LogP contribution in [0.25, 0.3) is 71.6 Å². The first-order chi connectivity index (χ1) is 23.8. The Morgan fingerprint density at radius 3 is 1.77 bits per heavy atom. The second-order valence-electron chi connectivity index (χ2n) is 12.6. The molecule has 8 aromatic carbocycles. The van der Waals surface area contributed by atoms with Gasteiger partial charge in [-0.2, -0.15) is 0 Å². The molecule has 0 N–H and O–H groups in total. The van der Waals surface area contributed by atoms with Crippen molar-refractivity contribution in [3.8, 4) is 39.1 Å². The zero-order chi connectivity index (χ0) is 31.6. The zero-order valence-corrected chi connectivity index (χ0v) is 26.2. The van der Waals surface area contributed by atoms with Crippen molar-refractivity contribution < 1.29 is 0 Å². The summed E-state index contributed by atoms with van der Waals surface area (Å²) < 4.78 is 2.43. The maximum absolute atomic E-state index is 2.43. The van der Waals surface area contributed by atoms with Gasteiger partial charge in [0.2, 0.25) is 0 Å². The van der Waals surface area contributed by atoms with Gasteiger partial charge in [-0.05, 0) is 105 Å². The molecule has 0 radical (unpaired) electrons. The molecule has 0 bridgehead atoms. The molecule has 0 unspecified atom stereocenters. The predicted molar refractivity (Wildman–Crippen MR) is 203 cm³/mol. The lowest BCUT2D eigenvalue weighted by molar-refractivity contribution is 1.18. The third-order valence-electron chi connectivity index (χ3n) is 9.88. The predicted octanol–water partition coefficient (Wildman–Crippen LogP) is 12.7. The van der Waals surface area contributed by atoms with E-state index in [-0.39, 0.29) is 0 Å². The molecule has 1 aliphatic carbocycles. The summed E-state index contributed by atoms with van der Waals surface area (Å²) in [5.74, 6) is 0. The lowest BCUT2D eigenvalue weighted by atomic mass is 9.92. The highest BCUT2D eigenvalue weighted by molar-refractivity contribution is 6.30. The van der Waals surface area contributed by atoms with Gasteiger partial charge in [0.15, 0.2) is 0 Å². The molecule has 0 saturated carbocycles. The van der Waals surface area contributed by atoms with Gasteiger partial charge in [0, 0.05) is 33.5 Å². The van der Waals surface area contributed by atoms with E-state index in [4.69, 9.17) is 0 Å². The number of benzene rings is 8. The van der Waals surface area contributed by atoms with Gasteiger partial charge in [0.1, 0.15) is 0 Å². The third-order valence-corrected chi connectivity index (χ3v) is 9.88. The molecule has 2 heteroatoms. The van der Waals surface area contributed by atoms with Crippen molar-refractivity contribution in [3.05, 3.63) is 182 Å². The quantitative estimate of drug-likeness (QED) is 0.188. The van der Waals surface area contributed by atoms with Crippen LogP contribution in [-0.2, 0) is 0 Å². The van der Waals surface area contributed by atoms with Gasteiger partial charge < -0.3 is 9.47 Å². The van der Waals surface area contributed by atoms with Gasteiger partial charge in [0.05, 0.1) is 11.0 Å². The van der Waals surface area contributed by atoms with Crippen LogP contribution in [0.3, 0.4) is 0 Å². The summed E-state index contributed by atoms with van der Waals surface area (Å²) in [5.41, 5.74) is 14.5.